The standard InChI is InChI=1S/C26H30N6/c1-18-14-21-17-23(6-7-24(21)28-18)29-25-8-11-27-26(31-25)30-22-5-3-4-20(16-22)15-19-9-12-32(2)13-10-19/h3-8,11,14,16-17,19,28H,9-10,12-13,15H2,1-2H3,(H2,27,29,30,31). The van der Waals surface area contributed by atoms with Gasteiger partial charge in [-0.1, -0.05) is 12.1 Å². The van der Waals surface area contributed by atoms with Crippen molar-refractivity contribution in [3.05, 3.63) is 72.1 Å². The average molecular weight is 427 g/mol. The highest BCUT2D eigenvalue weighted by atomic mass is 15.1. The molecule has 3 N–H and O–H groups in total. The first-order chi connectivity index (χ1) is 15.6. The molecule has 0 bridgehead atoms. The molecule has 0 aliphatic carbocycles. The van der Waals surface area contributed by atoms with E-state index in [1.54, 1.807) is 6.20 Å². The number of aromatic nitrogens is 3. The molecule has 0 radical (unpaired) electrons. The van der Waals surface area contributed by atoms with Crippen molar-refractivity contribution in [3.8, 4) is 0 Å². The molecule has 164 valence electrons. The number of fused-ring (bicyclic) bond motifs is 1. The Morgan fingerprint density at radius 2 is 1.84 bits per heavy atom. The molecule has 6 nitrogen and oxygen atoms in total. The van der Waals surface area contributed by atoms with Gasteiger partial charge in [-0.05, 0) is 100 Å². The van der Waals surface area contributed by atoms with Crippen LogP contribution >= 0.6 is 0 Å². The highest BCUT2D eigenvalue weighted by Crippen LogP contribution is 2.25. The number of hydrogen-bond donors (Lipinski definition) is 3. The van der Waals surface area contributed by atoms with E-state index in [2.05, 4.69) is 93.0 Å². The van der Waals surface area contributed by atoms with Crippen molar-refractivity contribution in [3.63, 3.8) is 0 Å². The van der Waals surface area contributed by atoms with Gasteiger partial charge in [0.05, 0.1) is 0 Å². The van der Waals surface area contributed by atoms with Gasteiger partial charge in [0, 0.05) is 34.2 Å². The minimum absolute atomic E-state index is 0.588. The molecule has 1 aliphatic heterocycles. The van der Waals surface area contributed by atoms with Gasteiger partial charge in [-0.2, -0.15) is 4.98 Å². The summed E-state index contributed by atoms with van der Waals surface area (Å²) in [5.41, 5.74) is 5.69. The van der Waals surface area contributed by atoms with Crippen LogP contribution in [-0.2, 0) is 6.42 Å². The molecule has 5 rings (SSSR count). The molecule has 1 aliphatic rings. The first-order valence-electron chi connectivity index (χ1n) is 11.3. The van der Waals surface area contributed by atoms with Crippen molar-refractivity contribution in [1.29, 1.82) is 0 Å². The van der Waals surface area contributed by atoms with E-state index in [-0.39, 0.29) is 0 Å². The number of rotatable bonds is 6. The highest BCUT2D eigenvalue weighted by molar-refractivity contribution is 5.84. The van der Waals surface area contributed by atoms with Crippen molar-refractivity contribution in [2.45, 2.75) is 26.2 Å². The molecule has 0 amide bonds. The summed E-state index contributed by atoms with van der Waals surface area (Å²) in [7, 11) is 2.21. The molecule has 1 saturated heterocycles. The summed E-state index contributed by atoms with van der Waals surface area (Å²) in [6.45, 7) is 4.47. The van der Waals surface area contributed by atoms with Gasteiger partial charge in [0.2, 0.25) is 5.95 Å². The van der Waals surface area contributed by atoms with E-state index in [0.717, 1.165) is 40.7 Å². The lowest BCUT2D eigenvalue weighted by Gasteiger charge is -2.29. The van der Waals surface area contributed by atoms with Gasteiger partial charge >= 0.3 is 0 Å². The van der Waals surface area contributed by atoms with E-state index in [9.17, 15) is 0 Å². The minimum atomic E-state index is 0.588. The Hall–Kier alpha value is -3.38. The van der Waals surface area contributed by atoms with Crippen LogP contribution in [0.4, 0.5) is 23.1 Å². The third-order valence-electron chi connectivity index (χ3n) is 6.23. The molecule has 0 spiro atoms. The van der Waals surface area contributed by atoms with Gasteiger partial charge < -0.3 is 20.5 Å². The molecular formula is C26H30N6. The van der Waals surface area contributed by atoms with Crippen LogP contribution in [0.2, 0.25) is 0 Å². The van der Waals surface area contributed by atoms with Gasteiger partial charge in [-0.3, -0.25) is 0 Å². The second kappa shape index (κ2) is 9.01. The summed E-state index contributed by atoms with van der Waals surface area (Å²) < 4.78 is 0. The summed E-state index contributed by atoms with van der Waals surface area (Å²) in [6.07, 6.45) is 5.46. The topological polar surface area (TPSA) is 68.9 Å². The molecule has 2 aromatic carbocycles. The van der Waals surface area contributed by atoms with Crippen molar-refractivity contribution in [2.75, 3.05) is 30.8 Å². The highest BCUT2D eigenvalue weighted by Gasteiger charge is 2.17. The van der Waals surface area contributed by atoms with Crippen molar-refractivity contribution >= 4 is 34.0 Å². The maximum atomic E-state index is 4.66. The van der Waals surface area contributed by atoms with Crippen LogP contribution in [-0.4, -0.2) is 40.0 Å². The fourth-order valence-corrected chi connectivity index (χ4v) is 4.50. The number of aryl methyl sites for hydroxylation is 1. The van der Waals surface area contributed by atoms with Crippen LogP contribution in [0.1, 0.15) is 24.1 Å². The summed E-state index contributed by atoms with van der Waals surface area (Å²) in [6, 6.07) is 18.9. The number of nitrogens with one attached hydrogen (secondary N) is 3. The van der Waals surface area contributed by atoms with Crippen LogP contribution in [0.3, 0.4) is 0 Å². The second-order valence-corrected chi connectivity index (χ2v) is 8.92. The number of piperidine rings is 1. The fourth-order valence-electron chi connectivity index (χ4n) is 4.50. The van der Waals surface area contributed by atoms with Crippen molar-refractivity contribution < 1.29 is 0 Å². The van der Waals surface area contributed by atoms with Crippen LogP contribution in [0.25, 0.3) is 10.9 Å². The fraction of sp³-hybridized carbons (Fsp3) is 0.308. The minimum Gasteiger partial charge on any atom is -0.359 e. The Kier molecular flexibility index (Phi) is 5.77. The number of anilines is 4. The van der Waals surface area contributed by atoms with E-state index < -0.39 is 0 Å². The molecular weight excluding hydrogens is 396 g/mol. The molecule has 6 heteroatoms. The molecule has 4 aromatic rings. The van der Waals surface area contributed by atoms with Crippen molar-refractivity contribution in [1.82, 2.24) is 19.9 Å². The van der Waals surface area contributed by atoms with E-state index in [4.69, 9.17) is 0 Å². The zero-order valence-electron chi connectivity index (χ0n) is 18.7. The maximum absolute atomic E-state index is 4.66. The Morgan fingerprint density at radius 3 is 2.72 bits per heavy atom. The zero-order valence-corrected chi connectivity index (χ0v) is 18.7. The monoisotopic (exact) mass is 426 g/mol. The number of hydrogen-bond acceptors (Lipinski definition) is 5. The van der Waals surface area contributed by atoms with Gasteiger partial charge in [0.1, 0.15) is 5.82 Å². The van der Waals surface area contributed by atoms with Crippen LogP contribution in [0.15, 0.2) is 60.8 Å². The molecule has 0 saturated carbocycles. The largest absolute Gasteiger partial charge is 0.359 e. The van der Waals surface area contributed by atoms with E-state index in [1.165, 1.54) is 36.9 Å². The summed E-state index contributed by atoms with van der Waals surface area (Å²) in [4.78, 5) is 14.8. The molecule has 0 unspecified atom stereocenters. The lowest BCUT2D eigenvalue weighted by atomic mass is 9.90. The molecule has 1 fully saturated rings. The molecule has 3 heterocycles. The van der Waals surface area contributed by atoms with E-state index >= 15 is 0 Å². The zero-order chi connectivity index (χ0) is 21.9. The van der Waals surface area contributed by atoms with Crippen LogP contribution in [0, 0.1) is 12.8 Å². The normalized spacial score (nSPS) is 15.2. The Labute approximate surface area is 189 Å². The second-order valence-electron chi connectivity index (χ2n) is 8.92. The SMILES string of the molecule is Cc1cc2cc(Nc3ccnc(Nc4cccc(CC5CCN(C)CC5)c4)n3)ccc2[nH]1. The number of benzene rings is 2. The van der Waals surface area contributed by atoms with Crippen LogP contribution in [0.5, 0.6) is 0 Å². The van der Waals surface area contributed by atoms with E-state index in [1.807, 2.05) is 6.07 Å². The first-order valence-corrected chi connectivity index (χ1v) is 11.3. The lowest BCUT2D eigenvalue weighted by Crippen LogP contribution is -2.30. The van der Waals surface area contributed by atoms with Crippen LogP contribution < -0.4 is 10.6 Å². The number of H-pyrrole nitrogens is 1. The quantitative estimate of drug-likeness (QED) is 0.372. The third-order valence-corrected chi connectivity index (χ3v) is 6.23. The van der Waals surface area contributed by atoms with Gasteiger partial charge in [-0.15, -0.1) is 0 Å². The third kappa shape index (κ3) is 4.92. The smallest absolute Gasteiger partial charge is 0.229 e. The van der Waals surface area contributed by atoms with Gasteiger partial charge in [0.25, 0.3) is 0 Å². The Balaban J connectivity index is 1.26. The molecule has 32 heavy (non-hydrogen) atoms. The van der Waals surface area contributed by atoms with Crippen molar-refractivity contribution in [2.24, 2.45) is 5.92 Å². The number of nitrogens with zero attached hydrogens (tertiary/aromatic N) is 3. The summed E-state index contributed by atoms with van der Waals surface area (Å²) in [5.74, 6) is 2.12. The molecule has 0 atom stereocenters. The predicted molar refractivity (Wildman–Crippen MR) is 132 cm³/mol. The Bertz CT molecular complexity index is 1210. The predicted octanol–water partition coefficient (Wildman–Crippen LogP) is 5.64. The number of likely N-dealkylation sites (tertiary alicyclic amines) is 1. The lowest BCUT2D eigenvalue weighted by molar-refractivity contribution is 0.219. The summed E-state index contributed by atoms with van der Waals surface area (Å²) in [5, 5.41) is 7.95. The van der Waals surface area contributed by atoms with E-state index in [0.29, 0.717) is 5.95 Å². The van der Waals surface area contributed by atoms with Gasteiger partial charge in [0.15, 0.2) is 0 Å². The number of aromatic amines is 1. The first kappa shape index (κ1) is 20.5. The molecule has 2 aromatic heterocycles. The average Bonchev–Trinajstić information content (AvgIpc) is 3.15. The maximum Gasteiger partial charge on any atom is 0.229 e. The summed E-state index contributed by atoms with van der Waals surface area (Å²) >= 11 is 0. The Morgan fingerprint density at radius 1 is 1.00 bits per heavy atom. The van der Waals surface area contributed by atoms with Gasteiger partial charge in [-0.25, -0.2) is 4.98 Å².